The van der Waals surface area contributed by atoms with Gasteiger partial charge in [-0.25, -0.2) is 0 Å². The predicted molar refractivity (Wildman–Crippen MR) is 94.8 cm³/mol. The summed E-state index contributed by atoms with van der Waals surface area (Å²) in [7, 11) is 1.90. The van der Waals surface area contributed by atoms with Gasteiger partial charge in [0.2, 0.25) is 11.8 Å². The first-order valence-electron chi connectivity index (χ1n) is 8.91. The van der Waals surface area contributed by atoms with Gasteiger partial charge in [-0.2, -0.15) is 0 Å². The number of hydrogen-bond acceptors (Lipinski definition) is 3. The van der Waals surface area contributed by atoms with Crippen LogP contribution in [0.3, 0.4) is 0 Å². The second-order valence-electron chi connectivity index (χ2n) is 6.66. The highest BCUT2D eigenvalue weighted by Crippen LogP contribution is 2.28. The van der Waals surface area contributed by atoms with Crippen molar-refractivity contribution in [2.75, 3.05) is 39.8 Å². The Morgan fingerprint density at radius 2 is 1.48 bits per heavy atom. The van der Waals surface area contributed by atoms with Crippen molar-refractivity contribution in [2.45, 2.75) is 51.4 Å². The van der Waals surface area contributed by atoms with Gasteiger partial charge in [0.15, 0.2) is 0 Å². The third-order valence-electron chi connectivity index (χ3n) is 5.04. The van der Waals surface area contributed by atoms with Gasteiger partial charge < -0.3 is 15.1 Å². The van der Waals surface area contributed by atoms with Crippen LogP contribution in [-0.2, 0) is 9.59 Å². The number of carbonyl (C=O) groups is 2. The van der Waals surface area contributed by atoms with E-state index in [0.717, 1.165) is 25.3 Å². The van der Waals surface area contributed by atoms with E-state index >= 15 is 0 Å². The van der Waals surface area contributed by atoms with Gasteiger partial charge >= 0.3 is 0 Å². The molecule has 6 heteroatoms. The summed E-state index contributed by atoms with van der Waals surface area (Å²) >= 11 is 0. The molecule has 0 spiro atoms. The Kier molecular flexibility index (Phi) is 9.56. The van der Waals surface area contributed by atoms with Gasteiger partial charge in [0, 0.05) is 39.0 Å². The van der Waals surface area contributed by atoms with Crippen LogP contribution in [0.4, 0.5) is 0 Å². The lowest BCUT2D eigenvalue weighted by atomic mass is 10.0. The summed E-state index contributed by atoms with van der Waals surface area (Å²) in [4.78, 5) is 28.2. The van der Waals surface area contributed by atoms with Gasteiger partial charge in [-0.3, -0.25) is 9.59 Å². The van der Waals surface area contributed by atoms with Crippen molar-refractivity contribution < 1.29 is 9.59 Å². The minimum absolute atomic E-state index is 0. The fourth-order valence-corrected chi connectivity index (χ4v) is 3.56. The van der Waals surface area contributed by atoms with Gasteiger partial charge in [-0.05, 0) is 32.4 Å². The van der Waals surface area contributed by atoms with Gasteiger partial charge in [0.25, 0.3) is 0 Å². The summed E-state index contributed by atoms with van der Waals surface area (Å²) in [6.07, 6.45) is 8.54. The smallest absolute Gasteiger partial charge is 0.222 e. The third-order valence-corrected chi connectivity index (χ3v) is 5.04. The standard InChI is InChI=1S/C17H31N3O2.ClH/c1-18-10-4-7-16(21)19-11-13-20(14-12-19)17(22)9-8-15-5-2-3-6-15;/h15,18H,2-14H2,1H3;1H. The molecular formula is C17H32ClN3O2. The normalized spacial score (nSPS) is 18.8. The monoisotopic (exact) mass is 345 g/mol. The minimum atomic E-state index is 0. The number of halogens is 1. The minimum Gasteiger partial charge on any atom is -0.339 e. The number of nitrogens with zero attached hydrogens (tertiary/aromatic N) is 2. The molecule has 1 saturated heterocycles. The lowest BCUT2D eigenvalue weighted by Crippen LogP contribution is -2.50. The van der Waals surface area contributed by atoms with E-state index in [1.165, 1.54) is 25.7 Å². The van der Waals surface area contributed by atoms with Gasteiger partial charge in [-0.1, -0.05) is 25.7 Å². The molecule has 2 rings (SSSR count). The Morgan fingerprint density at radius 3 is 2.00 bits per heavy atom. The van der Waals surface area contributed by atoms with Gasteiger partial charge in [0.1, 0.15) is 0 Å². The second kappa shape index (κ2) is 10.9. The summed E-state index contributed by atoms with van der Waals surface area (Å²) < 4.78 is 0. The molecule has 5 nitrogen and oxygen atoms in total. The largest absolute Gasteiger partial charge is 0.339 e. The molecule has 0 aromatic heterocycles. The maximum atomic E-state index is 12.3. The van der Waals surface area contributed by atoms with Crippen LogP contribution in [0.1, 0.15) is 51.4 Å². The maximum Gasteiger partial charge on any atom is 0.222 e. The van der Waals surface area contributed by atoms with Crippen molar-refractivity contribution in [1.29, 1.82) is 0 Å². The zero-order chi connectivity index (χ0) is 15.8. The van der Waals surface area contributed by atoms with Gasteiger partial charge in [-0.15, -0.1) is 12.4 Å². The lowest BCUT2D eigenvalue weighted by Gasteiger charge is -2.35. The van der Waals surface area contributed by atoms with Crippen LogP contribution < -0.4 is 5.32 Å². The van der Waals surface area contributed by atoms with Crippen LogP contribution in [-0.4, -0.2) is 61.4 Å². The zero-order valence-electron chi connectivity index (χ0n) is 14.4. The highest BCUT2D eigenvalue weighted by molar-refractivity contribution is 5.85. The Hall–Kier alpha value is -0.810. The molecule has 134 valence electrons. The van der Waals surface area contributed by atoms with E-state index in [2.05, 4.69) is 5.32 Å². The molecule has 0 unspecified atom stereocenters. The van der Waals surface area contributed by atoms with Crippen LogP contribution in [0.5, 0.6) is 0 Å². The molecule has 0 atom stereocenters. The number of rotatable bonds is 7. The van der Waals surface area contributed by atoms with Crippen LogP contribution in [0.2, 0.25) is 0 Å². The molecule has 1 N–H and O–H groups in total. The first-order valence-corrected chi connectivity index (χ1v) is 8.91. The molecule has 0 aromatic rings. The number of carbonyl (C=O) groups excluding carboxylic acids is 2. The van der Waals surface area contributed by atoms with Crippen molar-refractivity contribution in [3.05, 3.63) is 0 Å². The SMILES string of the molecule is CNCCCC(=O)N1CCN(C(=O)CCC2CCCC2)CC1.Cl. The molecule has 2 aliphatic rings. The van der Waals surface area contributed by atoms with Crippen LogP contribution in [0.25, 0.3) is 0 Å². The van der Waals surface area contributed by atoms with E-state index in [-0.39, 0.29) is 24.2 Å². The first-order chi connectivity index (χ1) is 10.7. The summed E-state index contributed by atoms with van der Waals surface area (Å²) in [5.41, 5.74) is 0. The Labute approximate surface area is 146 Å². The number of hydrogen-bond donors (Lipinski definition) is 1. The van der Waals surface area contributed by atoms with E-state index in [1.807, 2.05) is 16.8 Å². The molecule has 1 heterocycles. The highest BCUT2D eigenvalue weighted by atomic mass is 35.5. The van der Waals surface area contributed by atoms with E-state index in [4.69, 9.17) is 0 Å². The summed E-state index contributed by atoms with van der Waals surface area (Å²) in [6, 6.07) is 0. The van der Waals surface area contributed by atoms with Crippen LogP contribution in [0.15, 0.2) is 0 Å². The second-order valence-corrected chi connectivity index (χ2v) is 6.66. The fraction of sp³-hybridized carbons (Fsp3) is 0.882. The molecule has 1 saturated carbocycles. The molecule has 0 aromatic carbocycles. The quantitative estimate of drug-likeness (QED) is 0.718. The predicted octanol–water partition coefficient (Wildman–Crippen LogP) is 2.05. The number of nitrogens with one attached hydrogen (secondary N) is 1. The maximum absolute atomic E-state index is 12.3. The molecule has 23 heavy (non-hydrogen) atoms. The molecule has 0 radical (unpaired) electrons. The van der Waals surface area contributed by atoms with Crippen molar-refractivity contribution in [3.8, 4) is 0 Å². The van der Waals surface area contributed by atoms with Crippen molar-refractivity contribution in [1.82, 2.24) is 15.1 Å². The molecule has 2 fully saturated rings. The van der Waals surface area contributed by atoms with E-state index in [9.17, 15) is 9.59 Å². The van der Waals surface area contributed by atoms with E-state index < -0.39 is 0 Å². The highest BCUT2D eigenvalue weighted by Gasteiger charge is 2.24. The fourth-order valence-electron chi connectivity index (χ4n) is 3.56. The van der Waals surface area contributed by atoms with Gasteiger partial charge in [0.05, 0.1) is 0 Å². The molecule has 1 aliphatic heterocycles. The van der Waals surface area contributed by atoms with Crippen LogP contribution in [0, 0.1) is 5.92 Å². The Bertz CT molecular complexity index is 365. The summed E-state index contributed by atoms with van der Waals surface area (Å²) in [5.74, 6) is 1.29. The summed E-state index contributed by atoms with van der Waals surface area (Å²) in [6.45, 7) is 3.70. The number of amides is 2. The first kappa shape index (κ1) is 20.2. The third kappa shape index (κ3) is 6.68. The molecule has 0 bridgehead atoms. The summed E-state index contributed by atoms with van der Waals surface area (Å²) in [5, 5.41) is 3.06. The topological polar surface area (TPSA) is 52.7 Å². The van der Waals surface area contributed by atoms with Crippen molar-refractivity contribution >= 4 is 24.2 Å². The van der Waals surface area contributed by atoms with E-state index in [1.54, 1.807) is 0 Å². The molecule has 2 amide bonds. The average Bonchev–Trinajstić information content (AvgIpc) is 3.06. The molecule has 1 aliphatic carbocycles. The molecular weight excluding hydrogens is 314 g/mol. The van der Waals surface area contributed by atoms with Crippen molar-refractivity contribution in [2.24, 2.45) is 5.92 Å². The Balaban J connectivity index is 0.00000264. The van der Waals surface area contributed by atoms with E-state index in [0.29, 0.717) is 39.0 Å². The number of piperazine rings is 1. The lowest BCUT2D eigenvalue weighted by molar-refractivity contribution is -0.139. The zero-order valence-corrected chi connectivity index (χ0v) is 15.2. The average molecular weight is 346 g/mol. The Morgan fingerprint density at radius 1 is 0.957 bits per heavy atom. The van der Waals surface area contributed by atoms with Crippen molar-refractivity contribution in [3.63, 3.8) is 0 Å². The van der Waals surface area contributed by atoms with Crippen LogP contribution >= 0.6 is 12.4 Å².